The first kappa shape index (κ1) is 14.2. The molecule has 0 aliphatic carbocycles. The zero-order chi connectivity index (χ0) is 16.5. The Balaban J connectivity index is 1.58. The van der Waals surface area contributed by atoms with E-state index in [0.29, 0.717) is 22.7 Å². The van der Waals surface area contributed by atoms with Gasteiger partial charge in [0.2, 0.25) is 0 Å². The number of ether oxygens (including phenoxy) is 1. The van der Waals surface area contributed by atoms with Crippen LogP contribution in [-0.2, 0) is 4.79 Å². The molecule has 0 bridgehead atoms. The topological polar surface area (TPSA) is 80.3 Å². The van der Waals surface area contributed by atoms with Crippen LogP contribution in [0.15, 0.2) is 54.7 Å². The molecule has 6 heteroatoms. The van der Waals surface area contributed by atoms with E-state index >= 15 is 0 Å². The Kier molecular flexibility index (Phi) is 3.35. The summed E-state index contributed by atoms with van der Waals surface area (Å²) in [4.78, 5) is 28.0. The number of anilines is 2. The minimum absolute atomic E-state index is 0.0489. The standard InChI is InChI=1S/C18H13N3O3/c22-17-10-24-16-8-12(5-6-15(16)21-17)18(23)20-13-7-11-3-1-2-4-14(11)19-9-13/h1-9H,10H2,(H,20,23)(H,21,22). The number of carbonyl (C=O) groups excluding carboxylic acids is 2. The van der Waals surface area contributed by atoms with Gasteiger partial charge < -0.3 is 15.4 Å². The molecule has 0 radical (unpaired) electrons. The molecule has 0 saturated heterocycles. The van der Waals surface area contributed by atoms with E-state index in [4.69, 9.17) is 4.74 Å². The minimum Gasteiger partial charge on any atom is -0.482 e. The Morgan fingerprint density at radius 3 is 2.96 bits per heavy atom. The number of benzene rings is 2. The van der Waals surface area contributed by atoms with Crippen molar-refractivity contribution in [3.05, 3.63) is 60.3 Å². The van der Waals surface area contributed by atoms with E-state index in [0.717, 1.165) is 10.9 Å². The molecule has 6 nitrogen and oxygen atoms in total. The Bertz CT molecular complexity index is 969. The number of para-hydroxylation sites is 1. The van der Waals surface area contributed by atoms with Crippen molar-refractivity contribution in [2.45, 2.75) is 0 Å². The van der Waals surface area contributed by atoms with Crippen LogP contribution in [0.25, 0.3) is 10.9 Å². The number of nitrogens with one attached hydrogen (secondary N) is 2. The average Bonchev–Trinajstić information content (AvgIpc) is 2.61. The number of rotatable bonds is 2. The van der Waals surface area contributed by atoms with E-state index in [2.05, 4.69) is 15.6 Å². The summed E-state index contributed by atoms with van der Waals surface area (Å²) >= 11 is 0. The molecule has 2 N–H and O–H groups in total. The van der Waals surface area contributed by atoms with Gasteiger partial charge in [0.1, 0.15) is 5.75 Å². The third kappa shape index (κ3) is 2.65. The predicted molar refractivity (Wildman–Crippen MR) is 90.3 cm³/mol. The predicted octanol–water partition coefficient (Wildman–Crippen LogP) is 2.82. The van der Waals surface area contributed by atoms with E-state index in [1.54, 1.807) is 24.4 Å². The van der Waals surface area contributed by atoms with Gasteiger partial charge >= 0.3 is 0 Å². The van der Waals surface area contributed by atoms with Gasteiger partial charge in [-0.25, -0.2) is 0 Å². The summed E-state index contributed by atoms with van der Waals surface area (Å²) in [5.41, 5.74) is 2.49. The first-order chi connectivity index (χ1) is 11.7. The third-order valence-electron chi connectivity index (χ3n) is 3.73. The number of fused-ring (bicyclic) bond motifs is 2. The molecule has 1 aliphatic heterocycles. The minimum atomic E-state index is -0.268. The van der Waals surface area contributed by atoms with Gasteiger partial charge in [-0.05, 0) is 30.3 Å². The lowest BCUT2D eigenvalue weighted by atomic mass is 10.1. The second kappa shape index (κ2) is 5.66. The number of nitrogens with zero attached hydrogens (tertiary/aromatic N) is 1. The molecule has 0 unspecified atom stereocenters. The molecular weight excluding hydrogens is 306 g/mol. The van der Waals surface area contributed by atoms with Crippen molar-refractivity contribution in [1.29, 1.82) is 0 Å². The number of hydrogen-bond acceptors (Lipinski definition) is 4. The fourth-order valence-electron chi connectivity index (χ4n) is 2.56. The Morgan fingerprint density at radius 2 is 2.04 bits per heavy atom. The van der Waals surface area contributed by atoms with Crippen molar-refractivity contribution >= 4 is 34.1 Å². The van der Waals surface area contributed by atoms with Gasteiger partial charge in [0.15, 0.2) is 6.61 Å². The van der Waals surface area contributed by atoms with Crippen LogP contribution in [0, 0.1) is 0 Å². The van der Waals surface area contributed by atoms with E-state index < -0.39 is 0 Å². The monoisotopic (exact) mass is 319 g/mol. The summed E-state index contributed by atoms with van der Waals surface area (Å²) in [6.45, 7) is -0.0489. The maximum Gasteiger partial charge on any atom is 0.262 e. The third-order valence-corrected chi connectivity index (χ3v) is 3.73. The molecule has 1 aliphatic rings. The van der Waals surface area contributed by atoms with Crippen molar-refractivity contribution in [1.82, 2.24) is 4.98 Å². The number of hydrogen-bond donors (Lipinski definition) is 2. The van der Waals surface area contributed by atoms with Gasteiger partial charge in [-0.15, -0.1) is 0 Å². The first-order valence-electron chi connectivity index (χ1n) is 7.42. The number of aromatic nitrogens is 1. The molecule has 0 saturated carbocycles. The zero-order valence-electron chi connectivity index (χ0n) is 12.6. The van der Waals surface area contributed by atoms with Crippen LogP contribution in [0.5, 0.6) is 5.75 Å². The summed E-state index contributed by atoms with van der Waals surface area (Å²) in [6, 6.07) is 14.5. The van der Waals surface area contributed by atoms with Crippen molar-refractivity contribution in [2.75, 3.05) is 17.2 Å². The summed E-state index contributed by atoms with van der Waals surface area (Å²) in [7, 11) is 0. The second-order valence-electron chi connectivity index (χ2n) is 5.42. The lowest BCUT2D eigenvalue weighted by Crippen LogP contribution is -2.25. The van der Waals surface area contributed by atoms with Crippen molar-refractivity contribution in [3.63, 3.8) is 0 Å². The summed E-state index contributed by atoms with van der Waals surface area (Å²) in [5, 5.41) is 6.46. The zero-order valence-corrected chi connectivity index (χ0v) is 12.6. The van der Waals surface area contributed by atoms with E-state index in [-0.39, 0.29) is 18.4 Å². The number of amides is 2. The lowest BCUT2D eigenvalue weighted by molar-refractivity contribution is -0.118. The molecule has 0 atom stereocenters. The number of pyridine rings is 1. The van der Waals surface area contributed by atoms with Gasteiger partial charge in [0, 0.05) is 10.9 Å². The molecule has 0 spiro atoms. The van der Waals surface area contributed by atoms with E-state index in [1.165, 1.54) is 0 Å². The van der Waals surface area contributed by atoms with Gasteiger partial charge in [-0.2, -0.15) is 0 Å². The highest BCUT2D eigenvalue weighted by atomic mass is 16.5. The Labute approximate surface area is 137 Å². The summed E-state index contributed by atoms with van der Waals surface area (Å²) < 4.78 is 5.33. The quantitative estimate of drug-likeness (QED) is 0.761. The second-order valence-corrected chi connectivity index (χ2v) is 5.42. The largest absolute Gasteiger partial charge is 0.482 e. The molecule has 24 heavy (non-hydrogen) atoms. The van der Waals surface area contributed by atoms with Gasteiger partial charge in [0.05, 0.1) is 23.1 Å². The highest BCUT2D eigenvalue weighted by Gasteiger charge is 2.18. The van der Waals surface area contributed by atoms with Crippen LogP contribution in [0.2, 0.25) is 0 Å². The van der Waals surface area contributed by atoms with Crippen LogP contribution >= 0.6 is 0 Å². The van der Waals surface area contributed by atoms with Gasteiger partial charge in [0.25, 0.3) is 11.8 Å². The molecule has 4 rings (SSSR count). The molecule has 2 amide bonds. The van der Waals surface area contributed by atoms with Crippen LogP contribution in [-0.4, -0.2) is 23.4 Å². The molecule has 118 valence electrons. The highest BCUT2D eigenvalue weighted by molar-refractivity contribution is 6.06. The van der Waals surface area contributed by atoms with Crippen molar-refractivity contribution in [3.8, 4) is 5.75 Å². The van der Waals surface area contributed by atoms with Crippen LogP contribution < -0.4 is 15.4 Å². The molecule has 0 fully saturated rings. The molecular formula is C18H13N3O3. The van der Waals surface area contributed by atoms with E-state index in [1.807, 2.05) is 30.3 Å². The van der Waals surface area contributed by atoms with Crippen LogP contribution in [0.4, 0.5) is 11.4 Å². The molecule has 3 aromatic rings. The summed E-state index contributed by atoms with van der Waals surface area (Å²) in [5.74, 6) is 0.0104. The molecule has 2 aromatic carbocycles. The van der Waals surface area contributed by atoms with Crippen LogP contribution in [0.1, 0.15) is 10.4 Å². The van der Waals surface area contributed by atoms with Crippen molar-refractivity contribution in [2.24, 2.45) is 0 Å². The van der Waals surface area contributed by atoms with Gasteiger partial charge in [-0.1, -0.05) is 18.2 Å². The van der Waals surface area contributed by atoms with Crippen molar-refractivity contribution < 1.29 is 14.3 Å². The fourth-order valence-corrected chi connectivity index (χ4v) is 2.56. The fraction of sp³-hybridized carbons (Fsp3) is 0.0556. The Hall–Kier alpha value is -3.41. The first-order valence-corrected chi connectivity index (χ1v) is 7.42. The maximum absolute atomic E-state index is 12.4. The molecule has 2 heterocycles. The van der Waals surface area contributed by atoms with Crippen LogP contribution in [0.3, 0.4) is 0 Å². The van der Waals surface area contributed by atoms with Gasteiger partial charge in [-0.3, -0.25) is 14.6 Å². The maximum atomic E-state index is 12.4. The lowest BCUT2D eigenvalue weighted by Gasteiger charge is -2.18. The van der Waals surface area contributed by atoms with E-state index in [9.17, 15) is 9.59 Å². The normalized spacial score (nSPS) is 12.9. The average molecular weight is 319 g/mol. The summed E-state index contributed by atoms with van der Waals surface area (Å²) in [6.07, 6.45) is 1.62. The number of carbonyl (C=O) groups is 2. The molecule has 1 aromatic heterocycles. The smallest absolute Gasteiger partial charge is 0.262 e. The SMILES string of the molecule is O=C1COc2cc(C(=O)Nc3cnc4ccccc4c3)ccc2N1. The highest BCUT2D eigenvalue weighted by Crippen LogP contribution is 2.29. The Morgan fingerprint density at radius 1 is 1.17 bits per heavy atom.